The zero-order chi connectivity index (χ0) is 13.2. The van der Waals surface area contributed by atoms with Crippen molar-refractivity contribution in [2.75, 3.05) is 6.54 Å². The molecule has 1 saturated heterocycles. The highest BCUT2D eigenvalue weighted by atomic mass is 32.1. The van der Waals surface area contributed by atoms with Gasteiger partial charge in [-0.15, -0.1) is 11.3 Å². The van der Waals surface area contributed by atoms with Crippen molar-refractivity contribution in [2.45, 2.75) is 45.7 Å². The highest BCUT2D eigenvalue weighted by molar-refractivity contribution is 7.09. The van der Waals surface area contributed by atoms with Gasteiger partial charge in [0.1, 0.15) is 5.01 Å². The first-order valence-electron chi connectivity index (χ1n) is 6.67. The number of likely N-dealkylation sites (tertiary alicyclic amines) is 1. The van der Waals surface area contributed by atoms with Gasteiger partial charge in [0.05, 0.1) is 12.6 Å². The molecule has 0 aromatic carbocycles. The van der Waals surface area contributed by atoms with E-state index in [0.29, 0.717) is 17.8 Å². The summed E-state index contributed by atoms with van der Waals surface area (Å²) < 4.78 is 5.24. The topological polar surface area (TPSA) is 55.1 Å². The number of aryl methyl sites for hydroxylation is 2. The molecule has 0 saturated carbocycles. The maximum Gasteiger partial charge on any atom is 0.240 e. The van der Waals surface area contributed by atoms with E-state index in [1.807, 2.05) is 6.92 Å². The van der Waals surface area contributed by atoms with Crippen LogP contribution in [0.4, 0.5) is 0 Å². The second-order valence-electron chi connectivity index (χ2n) is 5.04. The van der Waals surface area contributed by atoms with Gasteiger partial charge >= 0.3 is 0 Å². The van der Waals surface area contributed by atoms with Crippen LogP contribution in [-0.4, -0.2) is 26.6 Å². The molecule has 0 spiro atoms. The number of piperidine rings is 1. The molecule has 0 amide bonds. The van der Waals surface area contributed by atoms with Gasteiger partial charge in [-0.05, 0) is 33.2 Å². The lowest BCUT2D eigenvalue weighted by Crippen LogP contribution is -2.33. The summed E-state index contributed by atoms with van der Waals surface area (Å²) in [5.41, 5.74) is 1.11. The minimum atomic E-state index is 0.402. The molecule has 1 aliphatic heterocycles. The van der Waals surface area contributed by atoms with Crippen LogP contribution in [0.2, 0.25) is 0 Å². The Kier molecular flexibility index (Phi) is 3.61. The van der Waals surface area contributed by atoms with E-state index in [1.165, 1.54) is 24.3 Å². The summed E-state index contributed by atoms with van der Waals surface area (Å²) in [7, 11) is 0. The first kappa shape index (κ1) is 12.7. The molecule has 1 atom stereocenters. The van der Waals surface area contributed by atoms with E-state index >= 15 is 0 Å². The Morgan fingerprint density at radius 1 is 1.37 bits per heavy atom. The van der Waals surface area contributed by atoms with E-state index in [1.54, 1.807) is 11.3 Å². The van der Waals surface area contributed by atoms with Gasteiger partial charge in [-0.3, -0.25) is 4.90 Å². The van der Waals surface area contributed by atoms with E-state index in [-0.39, 0.29) is 0 Å². The number of thiazole rings is 1. The van der Waals surface area contributed by atoms with Crippen LogP contribution in [-0.2, 0) is 6.54 Å². The molecule has 2 aromatic heterocycles. The van der Waals surface area contributed by atoms with Crippen molar-refractivity contribution in [2.24, 2.45) is 0 Å². The molecule has 0 aliphatic carbocycles. The molecule has 0 unspecified atom stereocenters. The van der Waals surface area contributed by atoms with Crippen LogP contribution in [0.3, 0.4) is 0 Å². The van der Waals surface area contributed by atoms with Crippen LogP contribution >= 0.6 is 11.3 Å². The fourth-order valence-electron chi connectivity index (χ4n) is 2.56. The molecular weight excluding hydrogens is 260 g/mol. The van der Waals surface area contributed by atoms with Crippen molar-refractivity contribution in [3.05, 3.63) is 27.8 Å². The SMILES string of the molecule is Cc1csc([C@H]2CCCCN2Cc2nc(C)no2)n1. The Labute approximate surface area is 116 Å². The van der Waals surface area contributed by atoms with E-state index < -0.39 is 0 Å². The van der Waals surface area contributed by atoms with E-state index in [9.17, 15) is 0 Å². The second kappa shape index (κ2) is 5.38. The van der Waals surface area contributed by atoms with Crippen molar-refractivity contribution >= 4 is 11.3 Å². The van der Waals surface area contributed by atoms with Crippen LogP contribution in [0.15, 0.2) is 9.90 Å². The number of rotatable bonds is 3. The van der Waals surface area contributed by atoms with Gasteiger partial charge in [0.15, 0.2) is 5.82 Å². The largest absolute Gasteiger partial charge is 0.338 e. The smallest absolute Gasteiger partial charge is 0.240 e. The maximum absolute atomic E-state index is 5.24. The monoisotopic (exact) mass is 278 g/mol. The molecule has 102 valence electrons. The van der Waals surface area contributed by atoms with Gasteiger partial charge < -0.3 is 4.52 Å². The third-order valence-electron chi connectivity index (χ3n) is 3.44. The molecule has 0 N–H and O–H groups in total. The summed E-state index contributed by atoms with van der Waals surface area (Å²) in [6, 6.07) is 0.402. The number of hydrogen-bond donors (Lipinski definition) is 0. The summed E-state index contributed by atoms with van der Waals surface area (Å²) in [5.74, 6) is 1.41. The molecule has 2 aromatic rings. The normalized spacial score (nSPS) is 20.8. The predicted octanol–water partition coefficient (Wildman–Crippen LogP) is 2.87. The van der Waals surface area contributed by atoms with Crippen molar-refractivity contribution in [1.82, 2.24) is 20.0 Å². The third-order valence-corrected chi connectivity index (χ3v) is 4.51. The van der Waals surface area contributed by atoms with Crippen LogP contribution in [0.1, 0.15) is 47.7 Å². The average Bonchev–Trinajstić information content (AvgIpc) is 2.99. The van der Waals surface area contributed by atoms with Crippen molar-refractivity contribution in [3.63, 3.8) is 0 Å². The Hall–Kier alpha value is -1.27. The molecule has 5 nitrogen and oxygen atoms in total. The molecule has 19 heavy (non-hydrogen) atoms. The van der Waals surface area contributed by atoms with Gasteiger partial charge in [0.2, 0.25) is 5.89 Å². The van der Waals surface area contributed by atoms with Gasteiger partial charge in [-0.25, -0.2) is 4.98 Å². The molecule has 3 rings (SSSR count). The molecule has 0 bridgehead atoms. The Morgan fingerprint density at radius 2 is 2.26 bits per heavy atom. The van der Waals surface area contributed by atoms with Gasteiger partial charge in [0.25, 0.3) is 0 Å². The highest BCUT2D eigenvalue weighted by Gasteiger charge is 2.27. The van der Waals surface area contributed by atoms with Crippen molar-refractivity contribution in [3.8, 4) is 0 Å². The number of hydrogen-bond acceptors (Lipinski definition) is 6. The molecular formula is C13H18N4OS. The molecule has 6 heteroatoms. The van der Waals surface area contributed by atoms with Crippen LogP contribution in [0.5, 0.6) is 0 Å². The molecule has 3 heterocycles. The second-order valence-corrected chi connectivity index (χ2v) is 5.93. The van der Waals surface area contributed by atoms with Crippen molar-refractivity contribution in [1.29, 1.82) is 0 Å². The molecule has 1 fully saturated rings. The van der Waals surface area contributed by atoms with E-state index in [2.05, 4.69) is 32.3 Å². The van der Waals surface area contributed by atoms with Crippen LogP contribution < -0.4 is 0 Å². The zero-order valence-electron chi connectivity index (χ0n) is 11.3. The lowest BCUT2D eigenvalue weighted by Gasteiger charge is -2.33. The first-order valence-corrected chi connectivity index (χ1v) is 7.55. The quantitative estimate of drug-likeness (QED) is 0.864. The van der Waals surface area contributed by atoms with Gasteiger partial charge in [-0.1, -0.05) is 11.6 Å². The Balaban J connectivity index is 1.77. The maximum atomic E-state index is 5.24. The molecule has 1 aliphatic rings. The summed E-state index contributed by atoms with van der Waals surface area (Å²) >= 11 is 1.76. The lowest BCUT2D eigenvalue weighted by molar-refractivity contribution is 0.123. The predicted molar refractivity (Wildman–Crippen MR) is 72.9 cm³/mol. The minimum Gasteiger partial charge on any atom is -0.338 e. The number of nitrogens with zero attached hydrogens (tertiary/aromatic N) is 4. The lowest BCUT2D eigenvalue weighted by atomic mass is 10.0. The summed E-state index contributed by atoms with van der Waals surface area (Å²) in [6.45, 7) is 5.70. The van der Waals surface area contributed by atoms with Gasteiger partial charge in [0, 0.05) is 11.1 Å². The van der Waals surface area contributed by atoms with Crippen LogP contribution in [0, 0.1) is 13.8 Å². The first-order chi connectivity index (χ1) is 9.22. The fraction of sp³-hybridized carbons (Fsp3) is 0.615. The van der Waals surface area contributed by atoms with E-state index in [4.69, 9.17) is 4.52 Å². The molecule has 0 radical (unpaired) electrons. The zero-order valence-corrected chi connectivity index (χ0v) is 12.1. The van der Waals surface area contributed by atoms with Crippen LogP contribution in [0.25, 0.3) is 0 Å². The highest BCUT2D eigenvalue weighted by Crippen LogP contribution is 2.33. The third kappa shape index (κ3) is 2.84. The van der Waals surface area contributed by atoms with Crippen molar-refractivity contribution < 1.29 is 4.52 Å². The fourth-order valence-corrected chi connectivity index (χ4v) is 3.53. The Bertz CT molecular complexity index is 550. The summed E-state index contributed by atoms with van der Waals surface area (Å²) in [6.07, 6.45) is 3.66. The summed E-state index contributed by atoms with van der Waals surface area (Å²) in [5, 5.41) is 7.20. The number of aromatic nitrogens is 3. The Morgan fingerprint density at radius 3 is 2.95 bits per heavy atom. The minimum absolute atomic E-state index is 0.402. The van der Waals surface area contributed by atoms with E-state index in [0.717, 1.165) is 18.8 Å². The van der Waals surface area contributed by atoms with Gasteiger partial charge in [-0.2, -0.15) is 4.98 Å². The standard InChI is InChI=1S/C13H18N4OS/c1-9-8-19-13(14-9)11-5-3-4-6-17(11)7-12-15-10(2)16-18-12/h8,11H,3-7H2,1-2H3/t11-/m1/s1. The summed E-state index contributed by atoms with van der Waals surface area (Å²) in [4.78, 5) is 11.4. The average molecular weight is 278 g/mol.